The van der Waals surface area contributed by atoms with Crippen molar-refractivity contribution in [2.75, 3.05) is 13.7 Å². The van der Waals surface area contributed by atoms with Crippen molar-refractivity contribution in [3.8, 4) is 28.7 Å². The highest BCUT2D eigenvalue weighted by molar-refractivity contribution is 5.92. The molecular formula is C21H22O13. The third-order valence-corrected chi connectivity index (χ3v) is 4.98. The summed E-state index contributed by atoms with van der Waals surface area (Å²) in [5.41, 5.74) is -0.473. The van der Waals surface area contributed by atoms with Crippen LogP contribution in [-0.4, -0.2) is 92.1 Å². The van der Waals surface area contributed by atoms with Crippen LogP contribution in [0.3, 0.4) is 0 Å². The van der Waals surface area contributed by atoms with Gasteiger partial charge in [0.25, 0.3) is 0 Å². The Morgan fingerprint density at radius 2 is 1.53 bits per heavy atom. The molecule has 0 aliphatic carbocycles. The van der Waals surface area contributed by atoms with E-state index in [0.717, 1.165) is 25.3 Å². The predicted octanol–water partition coefficient (Wildman–Crippen LogP) is -0.661. The molecule has 0 bridgehead atoms. The lowest BCUT2D eigenvalue weighted by molar-refractivity contribution is -0.277. The molecule has 1 aliphatic heterocycles. The molecule has 2 aromatic rings. The molecule has 184 valence electrons. The van der Waals surface area contributed by atoms with Crippen molar-refractivity contribution in [2.45, 2.75) is 30.7 Å². The number of hydrogen-bond acceptors (Lipinski definition) is 13. The van der Waals surface area contributed by atoms with E-state index in [0.29, 0.717) is 0 Å². The molecule has 0 unspecified atom stereocenters. The highest BCUT2D eigenvalue weighted by Crippen LogP contribution is 2.35. The maximum atomic E-state index is 12.2. The fourth-order valence-electron chi connectivity index (χ4n) is 3.12. The second-order valence-corrected chi connectivity index (χ2v) is 7.26. The molecule has 34 heavy (non-hydrogen) atoms. The Labute approximate surface area is 191 Å². The number of methoxy groups -OCH3 is 1. The summed E-state index contributed by atoms with van der Waals surface area (Å²) in [4.78, 5) is 23.8. The lowest BCUT2D eigenvalue weighted by atomic mass is 9.99. The molecule has 0 amide bonds. The number of esters is 2. The molecule has 13 heteroatoms. The van der Waals surface area contributed by atoms with E-state index in [4.69, 9.17) is 14.2 Å². The summed E-state index contributed by atoms with van der Waals surface area (Å²) in [5.74, 6) is -4.78. The van der Waals surface area contributed by atoms with Crippen LogP contribution < -0.4 is 4.74 Å². The molecule has 1 fully saturated rings. The molecule has 1 saturated heterocycles. The van der Waals surface area contributed by atoms with E-state index in [1.165, 1.54) is 12.1 Å². The number of rotatable bonds is 6. The van der Waals surface area contributed by atoms with Gasteiger partial charge >= 0.3 is 11.9 Å². The van der Waals surface area contributed by atoms with Gasteiger partial charge in [-0.2, -0.15) is 0 Å². The third kappa shape index (κ3) is 5.07. The summed E-state index contributed by atoms with van der Waals surface area (Å²) < 4.78 is 20.3. The van der Waals surface area contributed by atoms with E-state index in [1.54, 1.807) is 0 Å². The first kappa shape index (κ1) is 24.9. The minimum Gasteiger partial charge on any atom is -0.507 e. The highest BCUT2D eigenvalue weighted by atomic mass is 16.7. The number of hydrogen-bond donors (Lipinski definition) is 7. The first-order valence-corrected chi connectivity index (χ1v) is 9.73. The Morgan fingerprint density at radius 1 is 0.882 bits per heavy atom. The molecule has 0 radical (unpaired) electrons. The van der Waals surface area contributed by atoms with E-state index < -0.39 is 72.2 Å². The second-order valence-electron chi connectivity index (χ2n) is 7.26. The minimum absolute atomic E-state index is 0.0661. The normalized spacial score (nSPS) is 24.3. The van der Waals surface area contributed by atoms with Crippen LogP contribution in [0.2, 0.25) is 0 Å². The fraction of sp³-hybridized carbons (Fsp3) is 0.333. The molecule has 0 saturated carbocycles. The standard InChI is InChI=1S/C21H22O13/c1-31-20(30)10-3-2-9(6-11(10)22)33-21-18(28)17(27)16(26)14(34-21)7-32-19(29)8-4-12(23)15(25)13(24)5-8/h2-6,14,16-18,21-28H,7H2,1H3/t14-,16-,17+,18-,21-/m1/s1. The van der Waals surface area contributed by atoms with Crippen molar-refractivity contribution in [1.29, 1.82) is 0 Å². The zero-order valence-corrected chi connectivity index (χ0v) is 17.6. The maximum Gasteiger partial charge on any atom is 0.341 e. The van der Waals surface area contributed by atoms with Crippen LogP contribution in [0.5, 0.6) is 28.7 Å². The number of aromatic hydroxyl groups is 4. The van der Waals surface area contributed by atoms with Crippen molar-refractivity contribution in [2.24, 2.45) is 0 Å². The van der Waals surface area contributed by atoms with Gasteiger partial charge in [0, 0.05) is 6.07 Å². The first-order chi connectivity index (χ1) is 16.0. The quantitative estimate of drug-likeness (QED) is 0.201. The molecule has 0 spiro atoms. The molecule has 1 aliphatic rings. The van der Waals surface area contributed by atoms with Crippen LogP contribution in [0.1, 0.15) is 20.7 Å². The Balaban J connectivity index is 1.69. The predicted molar refractivity (Wildman–Crippen MR) is 108 cm³/mol. The SMILES string of the molecule is COC(=O)c1ccc(O[C@@H]2O[C@H](COC(=O)c3cc(O)c(O)c(O)c3)[C@@H](O)[C@H](O)[C@H]2O)cc1O. The Kier molecular flexibility index (Phi) is 7.32. The topological polar surface area (TPSA) is 213 Å². The van der Waals surface area contributed by atoms with Crippen LogP contribution in [-0.2, 0) is 14.2 Å². The van der Waals surface area contributed by atoms with Gasteiger partial charge in [-0.25, -0.2) is 9.59 Å². The molecule has 13 nitrogen and oxygen atoms in total. The monoisotopic (exact) mass is 482 g/mol. The van der Waals surface area contributed by atoms with Crippen LogP contribution in [0.25, 0.3) is 0 Å². The smallest absolute Gasteiger partial charge is 0.341 e. The summed E-state index contributed by atoms with van der Waals surface area (Å²) >= 11 is 0. The number of aliphatic hydroxyl groups is 3. The number of phenols is 4. The minimum atomic E-state index is -1.77. The zero-order valence-electron chi connectivity index (χ0n) is 17.6. The molecule has 2 aromatic carbocycles. The lowest BCUT2D eigenvalue weighted by Crippen LogP contribution is -2.60. The van der Waals surface area contributed by atoms with E-state index in [-0.39, 0.29) is 16.9 Å². The van der Waals surface area contributed by atoms with Crippen molar-refractivity contribution >= 4 is 11.9 Å². The largest absolute Gasteiger partial charge is 0.507 e. The van der Waals surface area contributed by atoms with Gasteiger partial charge in [-0.05, 0) is 24.3 Å². The van der Waals surface area contributed by atoms with Gasteiger partial charge < -0.3 is 54.7 Å². The number of ether oxygens (including phenoxy) is 4. The Hall–Kier alpha value is -3.78. The van der Waals surface area contributed by atoms with Crippen LogP contribution in [0.15, 0.2) is 30.3 Å². The van der Waals surface area contributed by atoms with Gasteiger partial charge in [0.1, 0.15) is 48.1 Å². The van der Waals surface area contributed by atoms with E-state index in [2.05, 4.69) is 4.74 Å². The van der Waals surface area contributed by atoms with Crippen LogP contribution in [0.4, 0.5) is 0 Å². The summed E-state index contributed by atoms with van der Waals surface area (Å²) in [6, 6.07) is 5.17. The third-order valence-electron chi connectivity index (χ3n) is 4.98. The molecule has 5 atom stereocenters. The van der Waals surface area contributed by atoms with E-state index >= 15 is 0 Å². The zero-order chi connectivity index (χ0) is 25.2. The molecule has 1 heterocycles. The van der Waals surface area contributed by atoms with Crippen LogP contribution >= 0.6 is 0 Å². The van der Waals surface area contributed by atoms with Gasteiger partial charge in [0.05, 0.1) is 12.7 Å². The molecular weight excluding hydrogens is 460 g/mol. The number of aliphatic hydroxyl groups excluding tert-OH is 3. The average molecular weight is 482 g/mol. The summed E-state index contributed by atoms with van der Waals surface area (Å²) in [6.45, 7) is -0.640. The number of carbonyl (C=O) groups is 2. The van der Waals surface area contributed by atoms with E-state index in [9.17, 15) is 45.3 Å². The van der Waals surface area contributed by atoms with Gasteiger partial charge in [-0.3, -0.25) is 0 Å². The maximum absolute atomic E-state index is 12.2. The fourth-order valence-corrected chi connectivity index (χ4v) is 3.12. The van der Waals surface area contributed by atoms with Gasteiger partial charge in [0.15, 0.2) is 17.2 Å². The summed E-state index contributed by atoms with van der Waals surface area (Å²) in [5, 5.41) is 68.8. The van der Waals surface area contributed by atoms with Crippen molar-refractivity contribution in [3.63, 3.8) is 0 Å². The van der Waals surface area contributed by atoms with Crippen molar-refractivity contribution < 1.29 is 64.3 Å². The number of benzene rings is 2. The summed E-state index contributed by atoms with van der Waals surface area (Å²) in [6.07, 6.45) is -8.16. The first-order valence-electron chi connectivity index (χ1n) is 9.73. The molecule has 7 N–H and O–H groups in total. The highest BCUT2D eigenvalue weighted by Gasteiger charge is 2.45. The van der Waals surface area contributed by atoms with Gasteiger partial charge in [-0.15, -0.1) is 0 Å². The average Bonchev–Trinajstić information content (AvgIpc) is 2.81. The summed E-state index contributed by atoms with van der Waals surface area (Å²) in [7, 11) is 1.13. The molecule has 3 rings (SSSR count). The molecule has 0 aromatic heterocycles. The van der Waals surface area contributed by atoms with Gasteiger partial charge in [0.2, 0.25) is 6.29 Å². The van der Waals surface area contributed by atoms with Crippen molar-refractivity contribution in [1.82, 2.24) is 0 Å². The lowest BCUT2D eigenvalue weighted by Gasteiger charge is -2.39. The van der Waals surface area contributed by atoms with E-state index in [1.807, 2.05) is 0 Å². The number of carbonyl (C=O) groups excluding carboxylic acids is 2. The second kappa shape index (κ2) is 10.0. The Bertz CT molecular complexity index is 1050. The van der Waals surface area contributed by atoms with Crippen molar-refractivity contribution in [3.05, 3.63) is 41.5 Å². The van der Waals surface area contributed by atoms with Gasteiger partial charge in [-0.1, -0.05) is 0 Å². The van der Waals surface area contributed by atoms with Crippen LogP contribution in [0, 0.1) is 0 Å². The number of phenolic OH excluding ortho intramolecular Hbond substituents is 4. The Morgan fingerprint density at radius 3 is 2.12 bits per heavy atom.